The van der Waals surface area contributed by atoms with E-state index in [1.165, 1.54) is 11.3 Å². The van der Waals surface area contributed by atoms with Crippen LogP contribution in [0.3, 0.4) is 0 Å². The first-order valence-electron chi connectivity index (χ1n) is 7.65. The van der Waals surface area contributed by atoms with Crippen LogP contribution >= 0.6 is 11.3 Å². The Balaban J connectivity index is 1.63. The van der Waals surface area contributed by atoms with Crippen LogP contribution in [0.5, 0.6) is 5.75 Å². The third kappa shape index (κ3) is 3.70. The second-order valence-corrected chi connectivity index (χ2v) is 6.52. The Morgan fingerprint density at radius 2 is 2.17 bits per heavy atom. The number of rotatable bonds is 5. The van der Waals surface area contributed by atoms with Gasteiger partial charge in [-0.2, -0.15) is 0 Å². The van der Waals surface area contributed by atoms with Crippen LogP contribution in [-0.4, -0.2) is 58.3 Å². The third-order valence-electron chi connectivity index (χ3n) is 3.78. The molecule has 7 nitrogen and oxygen atoms in total. The molecule has 0 bridgehead atoms. The van der Waals surface area contributed by atoms with E-state index < -0.39 is 0 Å². The van der Waals surface area contributed by atoms with Gasteiger partial charge in [0, 0.05) is 32.4 Å². The van der Waals surface area contributed by atoms with Gasteiger partial charge in [0.25, 0.3) is 5.91 Å². The lowest BCUT2D eigenvalue weighted by Crippen LogP contribution is -2.48. The van der Waals surface area contributed by atoms with Gasteiger partial charge in [0.15, 0.2) is 0 Å². The summed E-state index contributed by atoms with van der Waals surface area (Å²) in [6.45, 7) is 4.39. The van der Waals surface area contributed by atoms with Gasteiger partial charge < -0.3 is 14.5 Å². The highest BCUT2D eigenvalue weighted by atomic mass is 32.1. The number of aryl methyl sites for hydroxylation is 1. The minimum atomic E-state index is -0.0248. The molecule has 3 heterocycles. The van der Waals surface area contributed by atoms with Crippen LogP contribution in [-0.2, 0) is 11.4 Å². The molecule has 0 atom stereocenters. The minimum Gasteiger partial charge on any atom is -0.485 e. The zero-order chi connectivity index (χ0) is 16.9. The number of nitrogens with zero attached hydrogens (tertiary/aromatic N) is 4. The van der Waals surface area contributed by atoms with Crippen molar-refractivity contribution in [1.29, 1.82) is 0 Å². The van der Waals surface area contributed by atoms with Gasteiger partial charge in [0.2, 0.25) is 6.41 Å². The number of piperazine rings is 1. The molecule has 24 heavy (non-hydrogen) atoms. The van der Waals surface area contributed by atoms with Crippen molar-refractivity contribution in [2.24, 2.45) is 0 Å². The van der Waals surface area contributed by atoms with Crippen molar-refractivity contribution in [2.75, 3.05) is 26.2 Å². The van der Waals surface area contributed by atoms with Crippen LogP contribution in [0, 0.1) is 6.92 Å². The van der Waals surface area contributed by atoms with E-state index in [2.05, 4.69) is 9.97 Å². The van der Waals surface area contributed by atoms with E-state index in [0.29, 0.717) is 49.1 Å². The topological polar surface area (TPSA) is 75.6 Å². The molecule has 8 heteroatoms. The predicted molar refractivity (Wildman–Crippen MR) is 89.0 cm³/mol. The summed E-state index contributed by atoms with van der Waals surface area (Å²) in [5.74, 6) is 0.645. The molecule has 0 unspecified atom stereocenters. The van der Waals surface area contributed by atoms with Crippen LogP contribution in [0.2, 0.25) is 0 Å². The van der Waals surface area contributed by atoms with E-state index in [1.807, 2.05) is 13.0 Å². The number of thiazole rings is 1. The quantitative estimate of drug-likeness (QED) is 0.764. The molecule has 0 radical (unpaired) electrons. The molecule has 126 valence electrons. The van der Waals surface area contributed by atoms with E-state index in [0.717, 1.165) is 11.4 Å². The first kappa shape index (κ1) is 16.4. The molecule has 3 rings (SSSR count). The van der Waals surface area contributed by atoms with Crippen molar-refractivity contribution < 1.29 is 14.3 Å². The van der Waals surface area contributed by atoms with Gasteiger partial charge in [-0.05, 0) is 19.1 Å². The van der Waals surface area contributed by atoms with Gasteiger partial charge in [-0.25, -0.2) is 4.98 Å². The van der Waals surface area contributed by atoms with Crippen LogP contribution in [0.25, 0.3) is 0 Å². The molecular weight excluding hydrogens is 328 g/mol. The number of ether oxygens (including phenoxy) is 1. The van der Waals surface area contributed by atoms with Gasteiger partial charge in [-0.15, -0.1) is 11.3 Å². The van der Waals surface area contributed by atoms with Crippen LogP contribution in [0.1, 0.15) is 20.4 Å². The molecule has 2 aromatic heterocycles. The summed E-state index contributed by atoms with van der Waals surface area (Å²) < 4.78 is 5.63. The van der Waals surface area contributed by atoms with Crippen molar-refractivity contribution in [2.45, 2.75) is 13.5 Å². The second kappa shape index (κ2) is 7.39. The van der Waals surface area contributed by atoms with Gasteiger partial charge in [-0.1, -0.05) is 0 Å². The zero-order valence-corrected chi connectivity index (χ0v) is 14.2. The monoisotopic (exact) mass is 346 g/mol. The van der Waals surface area contributed by atoms with E-state index in [4.69, 9.17) is 4.74 Å². The van der Waals surface area contributed by atoms with Gasteiger partial charge in [0.1, 0.15) is 22.2 Å². The molecule has 2 aromatic rings. The summed E-state index contributed by atoms with van der Waals surface area (Å²) >= 11 is 1.36. The van der Waals surface area contributed by atoms with Crippen molar-refractivity contribution in [3.63, 3.8) is 0 Å². The Kier molecular flexibility index (Phi) is 5.05. The third-order valence-corrected chi connectivity index (χ3v) is 4.90. The number of hydrogen-bond acceptors (Lipinski definition) is 6. The molecule has 0 N–H and O–H groups in total. The molecular formula is C16H18N4O3S. The fourth-order valence-electron chi connectivity index (χ4n) is 2.46. The lowest BCUT2D eigenvalue weighted by molar-refractivity contribution is -0.119. The Morgan fingerprint density at radius 3 is 2.83 bits per heavy atom. The fraction of sp³-hybridized carbons (Fsp3) is 0.375. The average molecular weight is 346 g/mol. The second-order valence-electron chi connectivity index (χ2n) is 5.43. The summed E-state index contributed by atoms with van der Waals surface area (Å²) in [4.78, 5) is 35.9. The number of aromatic nitrogens is 2. The summed E-state index contributed by atoms with van der Waals surface area (Å²) in [6, 6.07) is 3.63. The highest BCUT2D eigenvalue weighted by Crippen LogP contribution is 2.22. The molecule has 1 aliphatic rings. The van der Waals surface area contributed by atoms with E-state index in [9.17, 15) is 9.59 Å². The Labute approximate surface area is 143 Å². The molecule has 0 aliphatic carbocycles. The first-order valence-corrected chi connectivity index (χ1v) is 8.47. The molecule has 1 fully saturated rings. The summed E-state index contributed by atoms with van der Waals surface area (Å²) in [6.07, 6.45) is 4.15. The maximum atomic E-state index is 12.6. The smallest absolute Gasteiger partial charge is 0.265 e. The molecule has 1 aliphatic heterocycles. The lowest BCUT2D eigenvalue weighted by Gasteiger charge is -2.32. The van der Waals surface area contributed by atoms with E-state index in [-0.39, 0.29) is 5.91 Å². The predicted octanol–water partition coefficient (Wildman–Crippen LogP) is 1.34. The molecule has 0 spiro atoms. The highest BCUT2D eigenvalue weighted by Gasteiger charge is 2.25. The van der Waals surface area contributed by atoms with Crippen molar-refractivity contribution in [3.05, 3.63) is 40.1 Å². The van der Waals surface area contributed by atoms with Crippen LogP contribution < -0.4 is 4.74 Å². The molecule has 0 aromatic carbocycles. The van der Waals surface area contributed by atoms with Crippen molar-refractivity contribution in [3.8, 4) is 5.75 Å². The normalized spacial score (nSPS) is 14.5. The van der Waals surface area contributed by atoms with Crippen LogP contribution in [0.15, 0.2) is 24.5 Å². The number of carbonyl (C=O) groups is 2. The van der Waals surface area contributed by atoms with E-state index >= 15 is 0 Å². The molecule has 0 saturated carbocycles. The fourth-order valence-corrected chi connectivity index (χ4v) is 3.41. The Morgan fingerprint density at radius 1 is 1.38 bits per heavy atom. The van der Waals surface area contributed by atoms with Crippen molar-refractivity contribution >= 4 is 23.7 Å². The highest BCUT2D eigenvalue weighted by molar-refractivity contribution is 7.13. The first-order chi connectivity index (χ1) is 11.7. The Bertz CT molecular complexity index is 711. The summed E-state index contributed by atoms with van der Waals surface area (Å²) in [5.41, 5.74) is 0.715. The Hall–Kier alpha value is -2.48. The molecule has 2 amide bonds. The zero-order valence-electron chi connectivity index (χ0n) is 13.3. The number of amides is 2. The summed E-state index contributed by atoms with van der Waals surface area (Å²) in [5, 5.41) is 0.756. The minimum absolute atomic E-state index is 0.0248. The lowest BCUT2D eigenvalue weighted by atomic mass is 10.3. The number of hydrogen-bond donors (Lipinski definition) is 0. The SMILES string of the molecule is Cc1nc(COc2cccnc2)sc1C(=O)N1CCN(C=O)CC1. The molecule has 1 saturated heterocycles. The van der Waals surface area contributed by atoms with Gasteiger partial charge >= 0.3 is 0 Å². The maximum Gasteiger partial charge on any atom is 0.265 e. The summed E-state index contributed by atoms with van der Waals surface area (Å²) in [7, 11) is 0. The van der Waals surface area contributed by atoms with Crippen LogP contribution in [0.4, 0.5) is 0 Å². The standard InChI is InChI=1S/C16H18N4O3S/c1-12-15(16(22)20-7-5-19(11-21)6-8-20)24-14(18-12)10-23-13-3-2-4-17-9-13/h2-4,9,11H,5-8,10H2,1H3. The van der Waals surface area contributed by atoms with E-state index in [1.54, 1.807) is 28.3 Å². The maximum absolute atomic E-state index is 12.6. The van der Waals surface area contributed by atoms with Gasteiger partial charge in [0.05, 0.1) is 11.9 Å². The van der Waals surface area contributed by atoms with Gasteiger partial charge in [-0.3, -0.25) is 14.6 Å². The largest absolute Gasteiger partial charge is 0.485 e. The average Bonchev–Trinajstić information content (AvgIpc) is 3.01. The van der Waals surface area contributed by atoms with Crippen molar-refractivity contribution in [1.82, 2.24) is 19.8 Å². The number of pyridine rings is 1. The number of carbonyl (C=O) groups excluding carboxylic acids is 2.